The van der Waals surface area contributed by atoms with Gasteiger partial charge in [0.15, 0.2) is 0 Å². The Hall–Kier alpha value is -0.930. The molecule has 0 amide bonds. The number of hydrogen-bond acceptors (Lipinski definition) is 3. The van der Waals surface area contributed by atoms with Crippen LogP contribution in [0.3, 0.4) is 0 Å². The summed E-state index contributed by atoms with van der Waals surface area (Å²) in [4.78, 5) is 4.26. The molecule has 0 saturated carbocycles. The summed E-state index contributed by atoms with van der Waals surface area (Å²) in [7, 11) is 0. The molecule has 0 spiro atoms. The van der Waals surface area contributed by atoms with E-state index in [9.17, 15) is 0 Å². The second kappa shape index (κ2) is 6.02. The summed E-state index contributed by atoms with van der Waals surface area (Å²) in [6, 6.07) is 2.07. The summed E-state index contributed by atoms with van der Waals surface area (Å²) < 4.78 is 6.04. The molecule has 1 saturated heterocycles. The maximum Gasteiger partial charge on any atom is 0.0882 e. The molecular weight excluding hydrogens is 236 g/mol. The van der Waals surface area contributed by atoms with Crippen LogP contribution in [0.1, 0.15) is 50.8 Å². The first-order valence-corrected chi connectivity index (χ1v) is 7.24. The maximum atomic E-state index is 6.04. The van der Waals surface area contributed by atoms with Crippen molar-refractivity contribution in [2.24, 2.45) is 5.92 Å². The first kappa shape index (κ1) is 14.5. The third-order valence-electron chi connectivity index (χ3n) is 3.73. The van der Waals surface area contributed by atoms with Crippen molar-refractivity contribution in [2.45, 2.75) is 52.2 Å². The fourth-order valence-electron chi connectivity index (χ4n) is 2.61. The van der Waals surface area contributed by atoms with Crippen LogP contribution < -0.4 is 5.32 Å². The number of nitrogens with one attached hydrogen (secondary N) is 1. The molecule has 2 heterocycles. The fourth-order valence-corrected chi connectivity index (χ4v) is 2.61. The predicted octanol–water partition coefficient (Wildman–Crippen LogP) is 3.25. The van der Waals surface area contributed by atoms with Gasteiger partial charge in [-0.1, -0.05) is 0 Å². The van der Waals surface area contributed by atoms with E-state index in [2.05, 4.69) is 44.1 Å². The summed E-state index contributed by atoms with van der Waals surface area (Å²) in [5, 5.41) is 3.61. The molecule has 1 fully saturated rings. The standard InChI is InChI=1S/C16H26N2O/c1-12-7-8-17-11-14(12)15-13(6-5-9-19-15)10-18-16(2,3)4/h7-8,11,13,15,18H,5-6,9-10H2,1-4H3. The van der Waals surface area contributed by atoms with Crippen molar-refractivity contribution in [3.63, 3.8) is 0 Å². The normalized spacial score (nSPS) is 24.4. The molecule has 2 rings (SSSR count). The minimum atomic E-state index is 0.159. The molecule has 3 nitrogen and oxygen atoms in total. The summed E-state index contributed by atoms with van der Waals surface area (Å²) in [6.45, 7) is 10.6. The summed E-state index contributed by atoms with van der Waals surface area (Å²) >= 11 is 0. The Morgan fingerprint density at radius 2 is 2.21 bits per heavy atom. The molecule has 1 aliphatic rings. The van der Waals surface area contributed by atoms with Crippen LogP contribution in [-0.2, 0) is 4.74 Å². The van der Waals surface area contributed by atoms with E-state index < -0.39 is 0 Å². The monoisotopic (exact) mass is 262 g/mol. The Morgan fingerprint density at radius 3 is 2.89 bits per heavy atom. The van der Waals surface area contributed by atoms with Gasteiger partial charge in [-0.05, 0) is 52.2 Å². The van der Waals surface area contributed by atoms with E-state index in [0.29, 0.717) is 5.92 Å². The Bertz CT molecular complexity index is 411. The van der Waals surface area contributed by atoms with Crippen LogP contribution in [0, 0.1) is 12.8 Å². The number of ether oxygens (including phenoxy) is 1. The van der Waals surface area contributed by atoms with E-state index in [-0.39, 0.29) is 11.6 Å². The lowest BCUT2D eigenvalue weighted by molar-refractivity contribution is -0.0297. The second-order valence-electron chi connectivity index (χ2n) is 6.56. The highest BCUT2D eigenvalue weighted by Gasteiger charge is 2.29. The van der Waals surface area contributed by atoms with E-state index in [1.165, 1.54) is 17.5 Å². The van der Waals surface area contributed by atoms with Crippen molar-refractivity contribution in [2.75, 3.05) is 13.2 Å². The Balaban J connectivity index is 2.10. The SMILES string of the molecule is Cc1ccncc1C1OCCCC1CNC(C)(C)C. The van der Waals surface area contributed by atoms with E-state index in [1.54, 1.807) is 0 Å². The van der Waals surface area contributed by atoms with Gasteiger partial charge < -0.3 is 10.1 Å². The molecule has 0 bridgehead atoms. The molecule has 3 heteroatoms. The third kappa shape index (κ3) is 4.02. The smallest absolute Gasteiger partial charge is 0.0882 e. The zero-order valence-electron chi connectivity index (χ0n) is 12.6. The molecule has 1 aliphatic heterocycles. The second-order valence-corrected chi connectivity index (χ2v) is 6.56. The quantitative estimate of drug-likeness (QED) is 0.908. The number of aromatic nitrogens is 1. The van der Waals surface area contributed by atoms with Gasteiger partial charge in [-0.3, -0.25) is 4.98 Å². The number of rotatable bonds is 3. The zero-order chi connectivity index (χ0) is 13.9. The van der Waals surface area contributed by atoms with Gasteiger partial charge in [0.2, 0.25) is 0 Å². The van der Waals surface area contributed by atoms with Gasteiger partial charge in [-0.2, -0.15) is 0 Å². The molecule has 0 radical (unpaired) electrons. The molecule has 0 aromatic carbocycles. The van der Waals surface area contributed by atoms with Crippen molar-refractivity contribution in [3.8, 4) is 0 Å². The molecule has 1 aromatic rings. The van der Waals surface area contributed by atoms with Crippen molar-refractivity contribution >= 4 is 0 Å². The molecule has 0 aliphatic carbocycles. The molecule has 1 aromatic heterocycles. The van der Waals surface area contributed by atoms with Crippen molar-refractivity contribution < 1.29 is 4.74 Å². The minimum absolute atomic E-state index is 0.159. The lowest BCUT2D eigenvalue weighted by atomic mass is 9.88. The highest BCUT2D eigenvalue weighted by Crippen LogP contribution is 2.34. The molecule has 106 valence electrons. The van der Waals surface area contributed by atoms with Crippen LogP contribution in [0.2, 0.25) is 0 Å². The largest absolute Gasteiger partial charge is 0.373 e. The number of hydrogen-bond donors (Lipinski definition) is 1. The minimum Gasteiger partial charge on any atom is -0.373 e. The first-order chi connectivity index (χ1) is 8.97. The molecule has 19 heavy (non-hydrogen) atoms. The lowest BCUT2D eigenvalue weighted by Crippen LogP contribution is -2.41. The van der Waals surface area contributed by atoms with Crippen LogP contribution >= 0.6 is 0 Å². The van der Waals surface area contributed by atoms with Crippen LogP contribution in [-0.4, -0.2) is 23.7 Å². The van der Waals surface area contributed by atoms with Crippen molar-refractivity contribution in [3.05, 3.63) is 29.6 Å². The van der Waals surface area contributed by atoms with Crippen molar-refractivity contribution in [1.29, 1.82) is 0 Å². The fraction of sp³-hybridized carbons (Fsp3) is 0.688. The summed E-state index contributed by atoms with van der Waals surface area (Å²) in [5.41, 5.74) is 2.69. The van der Waals surface area contributed by atoms with Gasteiger partial charge in [-0.15, -0.1) is 0 Å². The highest BCUT2D eigenvalue weighted by molar-refractivity contribution is 5.25. The molecule has 1 N–H and O–H groups in total. The highest BCUT2D eigenvalue weighted by atomic mass is 16.5. The Morgan fingerprint density at radius 1 is 1.42 bits per heavy atom. The average molecular weight is 262 g/mol. The van der Waals surface area contributed by atoms with Crippen LogP contribution in [0.5, 0.6) is 0 Å². The number of aryl methyl sites for hydroxylation is 1. The van der Waals surface area contributed by atoms with E-state index in [0.717, 1.165) is 19.6 Å². The number of nitrogens with zero attached hydrogens (tertiary/aromatic N) is 1. The predicted molar refractivity (Wildman–Crippen MR) is 78.1 cm³/mol. The van der Waals surface area contributed by atoms with Gasteiger partial charge in [0.1, 0.15) is 0 Å². The Labute approximate surface area is 116 Å². The number of pyridine rings is 1. The van der Waals surface area contributed by atoms with Gasteiger partial charge >= 0.3 is 0 Å². The van der Waals surface area contributed by atoms with Gasteiger partial charge in [-0.25, -0.2) is 0 Å². The van der Waals surface area contributed by atoms with Gasteiger partial charge in [0.25, 0.3) is 0 Å². The van der Waals surface area contributed by atoms with Crippen molar-refractivity contribution in [1.82, 2.24) is 10.3 Å². The van der Waals surface area contributed by atoms with Crippen LogP contribution in [0.25, 0.3) is 0 Å². The third-order valence-corrected chi connectivity index (χ3v) is 3.73. The first-order valence-electron chi connectivity index (χ1n) is 7.24. The summed E-state index contributed by atoms with van der Waals surface area (Å²) in [6.07, 6.45) is 6.39. The summed E-state index contributed by atoms with van der Waals surface area (Å²) in [5.74, 6) is 0.538. The lowest BCUT2D eigenvalue weighted by Gasteiger charge is -2.35. The van der Waals surface area contributed by atoms with E-state index in [1.807, 2.05) is 12.4 Å². The molecule has 2 unspecified atom stereocenters. The van der Waals surface area contributed by atoms with Crippen LogP contribution in [0.4, 0.5) is 0 Å². The van der Waals surface area contributed by atoms with Gasteiger partial charge in [0, 0.05) is 42.6 Å². The molecular formula is C16H26N2O. The van der Waals surface area contributed by atoms with Gasteiger partial charge in [0.05, 0.1) is 6.10 Å². The maximum absolute atomic E-state index is 6.04. The van der Waals surface area contributed by atoms with E-state index >= 15 is 0 Å². The Kier molecular flexibility index (Phi) is 4.58. The van der Waals surface area contributed by atoms with E-state index in [4.69, 9.17) is 4.74 Å². The molecule has 2 atom stereocenters. The average Bonchev–Trinajstić information content (AvgIpc) is 2.37. The van der Waals surface area contributed by atoms with Crippen LogP contribution in [0.15, 0.2) is 18.5 Å². The zero-order valence-corrected chi connectivity index (χ0v) is 12.6. The topological polar surface area (TPSA) is 34.1 Å².